The molecular weight excluding hydrogens is 428 g/mol. The van der Waals surface area contributed by atoms with Gasteiger partial charge in [-0.1, -0.05) is 90.1 Å². The molecule has 3 aromatic carbocycles. The summed E-state index contributed by atoms with van der Waals surface area (Å²) in [6.45, 7) is 1.53. The van der Waals surface area contributed by atoms with Crippen LogP contribution in [0.5, 0.6) is 0 Å². The number of halogens is 1. The summed E-state index contributed by atoms with van der Waals surface area (Å²) in [4.78, 5) is 1.10. The van der Waals surface area contributed by atoms with E-state index in [1.165, 1.54) is 0 Å². The van der Waals surface area contributed by atoms with E-state index in [-0.39, 0.29) is 17.6 Å². The average Bonchev–Trinajstić information content (AvgIpc) is 2.81. The molecule has 160 valence electrons. The van der Waals surface area contributed by atoms with Crippen LogP contribution in [-0.2, 0) is 27.4 Å². The minimum absolute atomic E-state index is 0.108. The zero-order chi connectivity index (χ0) is 21.3. The summed E-state index contributed by atoms with van der Waals surface area (Å²) in [5.41, 5.74) is 2.17. The fourth-order valence-electron chi connectivity index (χ4n) is 3.26. The highest BCUT2D eigenvalue weighted by molar-refractivity contribution is 8.00. The van der Waals surface area contributed by atoms with Crippen LogP contribution in [-0.4, -0.2) is 24.3 Å². The van der Waals surface area contributed by atoms with E-state index in [0.717, 1.165) is 21.0 Å². The van der Waals surface area contributed by atoms with E-state index in [4.69, 9.17) is 25.8 Å². The Bertz CT molecular complexity index is 947. The predicted octanol–water partition coefficient (Wildman–Crippen LogP) is 6.52. The summed E-state index contributed by atoms with van der Waals surface area (Å²) < 4.78 is 18.5. The maximum Gasteiger partial charge on any atom is 0.126 e. The van der Waals surface area contributed by atoms with E-state index < -0.39 is 0 Å². The van der Waals surface area contributed by atoms with Gasteiger partial charge in [-0.15, -0.1) is 0 Å². The zero-order valence-corrected chi connectivity index (χ0v) is 18.7. The van der Waals surface area contributed by atoms with Crippen molar-refractivity contribution in [1.82, 2.24) is 0 Å². The Kier molecular flexibility index (Phi) is 8.22. The van der Waals surface area contributed by atoms with E-state index in [9.17, 15) is 0 Å². The molecule has 4 rings (SSSR count). The number of hydrogen-bond acceptors (Lipinski definition) is 4. The second-order valence-corrected chi connectivity index (χ2v) is 8.87. The molecule has 0 aromatic heterocycles. The highest BCUT2D eigenvalue weighted by Gasteiger charge is 2.29. The number of rotatable bonds is 9. The van der Waals surface area contributed by atoms with Crippen LogP contribution in [0.3, 0.4) is 0 Å². The Labute approximate surface area is 193 Å². The van der Waals surface area contributed by atoms with Gasteiger partial charge < -0.3 is 14.2 Å². The Balaban J connectivity index is 1.38. The van der Waals surface area contributed by atoms with E-state index in [1.54, 1.807) is 11.8 Å². The highest BCUT2D eigenvalue weighted by atomic mass is 35.5. The minimum Gasteiger partial charge on any atom is -0.374 e. The molecule has 0 N–H and O–H groups in total. The molecular formula is C26H25ClO3S. The highest BCUT2D eigenvalue weighted by Crippen LogP contribution is 2.31. The zero-order valence-electron chi connectivity index (χ0n) is 17.1. The van der Waals surface area contributed by atoms with Crippen LogP contribution < -0.4 is 0 Å². The maximum atomic E-state index is 6.35. The SMILES string of the molecule is Clc1ccc(SC2C=C[C@H](OCc3ccccc3)[C@@H](COCc3ccccc3)O2)cc1. The standard InChI is InChI=1S/C26H25ClO3S/c27-22-11-13-23(14-12-22)31-26-16-15-24(29-18-21-9-5-2-6-10-21)25(30-26)19-28-17-20-7-3-1-4-8-20/h1-16,24-26H,17-19H2/t24-,25+,26?/m0/s1. The third kappa shape index (κ3) is 6.96. The summed E-state index contributed by atoms with van der Waals surface area (Å²) in [7, 11) is 0. The first kappa shape index (κ1) is 22.1. The average molecular weight is 453 g/mol. The monoisotopic (exact) mass is 452 g/mol. The first-order chi connectivity index (χ1) is 15.3. The Morgan fingerprint density at radius 1 is 0.774 bits per heavy atom. The molecule has 1 unspecified atom stereocenters. The molecule has 3 nitrogen and oxygen atoms in total. The van der Waals surface area contributed by atoms with Crippen LogP contribution in [0.1, 0.15) is 11.1 Å². The molecule has 1 aliphatic heterocycles. The lowest BCUT2D eigenvalue weighted by Gasteiger charge is -2.32. The van der Waals surface area contributed by atoms with Crippen molar-refractivity contribution in [2.75, 3.05) is 6.61 Å². The summed E-state index contributed by atoms with van der Waals surface area (Å²) in [6.07, 6.45) is 3.79. The van der Waals surface area contributed by atoms with Crippen LogP contribution in [0, 0.1) is 0 Å². The molecule has 0 fully saturated rings. The molecule has 0 saturated heterocycles. The molecule has 0 saturated carbocycles. The number of hydrogen-bond donors (Lipinski definition) is 0. The third-order valence-electron chi connectivity index (χ3n) is 4.88. The first-order valence-corrected chi connectivity index (χ1v) is 11.6. The summed E-state index contributed by atoms with van der Waals surface area (Å²) in [5, 5.41) is 0.728. The summed E-state index contributed by atoms with van der Waals surface area (Å²) in [5.74, 6) is 0. The maximum absolute atomic E-state index is 6.35. The Morgan fingerprint density at radius 3 is 2.10 bits per heavy atom. The van der Waals surface area contributed by atoms with Crippen LogP contribution >= 0.6 is 23.4 Å². The Hall–Kier alpha value is -2.08. The molecule has 31 heavy (non-hydrogen) atoms. The quantitative estimate of drug-likeness (QED) is 0.345. The second-order valence-electron chi connectivity index (χ2n) is 7.26. The van der Waals surface area contributed by atoms with Crippen molar-refractivity contribution < 1.29 is 14.2 Å². The molecule has 1 heterocycles. The van der Waals surface area contributed by atoms with Crippen LogP contribution in [0.25, 0.3) is 0 Å². The second kappa shape index (κ2) is 11.5. The summed E-state index contributed by atoms with van der Waals surface area (Å²) in [6, 6.07) is 28.1. The Morgan fingerprint density at radius 2 is 1.42 bits per heavy atom. The lowest BCUT2D eigenvalue weighted by molar-refractivity contribution is -0.101. The topological polar surface area (TPSA) is 27.7 Å². The molecule has 5 heteroatoms. The number of thioether (sulfide) groups is 1. The van der Waals surface area contributed by atoms with Crippen molar-refractivity contribution in [1.29, 1.82) is 0 Å². The van der Waals surface area contributed by atoms with E-state index in [0.29, 0.717) is 19.8 Å². The van der Waals surface area contributed by atoms with Crippen molar-refractivity contribution in [2.45, 2.75) is 35.8 Å². The van der Waals surface area contributed by atoms with Gasteiger partial charge in [-0.25, -0.2) is 0 Å². The fourth-order valence-corrected chi connectivity index (χ4v) is 4.32. The van der Waals surface area contributed by atoms with E-state index in [2.05, 4.69) is 36.4 Å². The normalized spacial score (nSPS) is 20.6. The van der Waals surface area contributed by atoms with Crippen LogP contribution in [0.15, 0.2) is 102 Å². The molecule has 3 atom stereocenters. The van der Waals surface area contributed by atoms with Gasteiger partial charge in [0.05, 0.1) is 19.8 Å². The van der Waals surface area contributed by atoms with Crippen molar-refractivity contribution in [3.05, 3.63) is 113 Å². The third-order valence-corrected chi connectivity index (χ3v) is 6.17. The molecule has 0 amide bonds. The lowest BCUT2D eigenvalue weighted by Crippen LogP contribution is -2.39. The van der Waals surface area contributed by atoms with Crippen molar-refractivity contribution in [3.8, 4) is 0 Å². The van der Waals surface area contributed by atoms with Gasteiger partial charge in [0.1, 0.15) is 17.6 Å². The smallest absolute Gasteiger partial charge is 0.126 e. The number of benzene rings is 3. The summed E-state index contributed by atoms with van der Waals surface area (Å²) >= 11 is 7.65. The van der Waals surface area contributed by atoms with E-state index >= 15 is 0 Å². The lowest BCUT2D eigenvalue weighted by atomic mass is 10.1. The van der Waals surface area contributed by atoms with E-state index in [1.807, 2.05) is 60.7 Å². The molecule has 1 aliphatic rings. The van der Waals surface area contributed by atoms with Crippen molar-refractivity contribution >= 4 is 23.4 Å². The molecule has 0 radical (unpaired) electrons. The predicted molar refractivity (Wildman–Crippen MR) is 126 cm³/mol. The van der Waals surface area contributed by atoms with Gasteiger partial charge in [0.15, 0.2) is 0 Å². The van der Waals surface area contributed by atoms with Gasteiger partial charge in [0, 0.05) is 9.92 Å². The minimum atomic E-state index is -0.192. The van der Waals surface area contributed by atoms with Gasteiger partial charge in [-0.2, -0.15) is 0 Å². The van der Waals surface area contributed by atoms with Gasteiger partial charge in [0.25, 0.3) is 0 Å². The van der Waals surface area contributed by atoms with Crippen molar-refractivity contribution in [2.24, 2.45) is 0 Å². The van der Waals surface area contributed by atoms with Gasteiger partial charge in [0.2, 0.25) is 0 Å². The van der Waals surface area contributed by atoms with Gasteiger partial charge in [-0.05, 0) is 41.5 Å². The van der Waals surface area contributed by atoms with Crippen LogP contribution in [0.4, 0.5) is 0 Å². The first-order valence-electron chi connectivity index (χ1n) is 10.3. The molecule has 0 spiro atoms. The number of ether oxygens (including phenoxy) is 3. The fraction of sp³-hybridized carbons (Fsp3) is 0.231. The van der Waals surface area contributed by atoms with Crippen molar-refractivity contribution in [3.63, 3.8) is 0 Å². The van der Waals surface area contributed by atoms with Gasteiger partial charge >= 0.3 is 0 Å². The largest absolute Gasteiger partial charge is 0.374 e. The van der Waals surface area contributed by atoms with Crippen LogP contribution in [0.2, 0.25) is 5.02 Å². The molecule has 0 bridgehead atoms. The molecule has 0 aliphatic carbocycles. The molecule has 3 aromatic rings. The van der Waals surface area contributed by atoms with Gasteiger partial charge in [-0.3, -0.25) is 0 Å².